The molecule has 3 heteroatoms. The van der Waals surface area contributed by atoms with Gasteiger partial charge in [0.25, 0.3) is 0 Å². The lowest BCUT2D eigenvalue weighted by Gasteiger charge is -2.28. The molecule has 104 valence electrons. The van der Waals surface area contributed by atoms with Crippen molar-refractivity contribution in [3.63, 3.8) is 0 Å². The first-order valence-corrected chi connectivity index (χ1v) is 6.94. The molecule has 19 heavy (non-hydrogen) atoms. The van der Waals surface area contributed by atoms with Crippen molar-refractivity contribution in [2.24, 2.45) is 0 Å². The normalized spacial score (nSPS) is 17.5. The molecule has 2 rings (SSSR count). The third-order valence-electron chi connectivity index (χ3n) is 3.82. The van der Waals surface area contributed by atoms with E-state index in [0.717, 1.165) is 42.6 Å². The van der Waals surface area contributed by atoms with Crippen molar-refractivity contribution < 1.29 is 9.53 Å². The summed E-state index contributed by atoms with van der Waals surface area (Å²) in [7, 11) is 2.10. The lowest BCUT2D eigenvalue weighted by molar-refractivity contribution is 0.0138. The highest BCUT2D eigenvalue weighted by atomic mass is 16.5. The molecule has 1 aromatic carbocycles. The van der Waals surface area contributed by atoms with Crippen LogP contribution in [0.5, 0.6) is 0 Å². The van der Waals surface area contributed by atoms with Gasteiger partial charge in [-0.25, -0.2) is 4.79 Å². The Hall–Kier alpha value is -1.35. The number of rotatable bonds is 2. The predicted molar refractivity (Wildman–Crippen MR) is 76.6 cm³/mol. The van der Waals surface area contributed by atoms with Crippen LogP contribution in [0.3, 0.4) is 0 Å². The molecule has 0 radical (unpaired) electrons. The first kappa shape index (κ1) is 14.1. The van der Waals surface area contributed by atoms with Gasteiger partial charge in [-0.05, 0) is 51.8 Å². The van der Waals surface area contributed by atoms with Crippen LogP contribution in [0.4, 0.5) is 0 Å². The molecule has 0 atom stereocenters. The smallest absolute Gasteiger partial charge is 0.338 e. The SMILES string of the molecule is Cc1cc(C)c(C(=O)OC2CCN(C)CC2)c(C)c1. The van der Waals surface area contributed by atoms with Crippen molar-refractivity contribution in [1.29, 1.82) is 0 Å². The van der Waals surface area contributed by atoms with Crippen molar-refractivity contribution in [3.05, 3.63) is 34.4 Å². The summed E-state index contributed by atoms with van der Waals surface area (Å²) in [6.45, 7) is 8.01. The minimum Gasteiger partial charge on any atom is -0.459 e. The predicted octanol–water partition coefficient (Wildman–Crippen LogP) is 2.86. The lowest BCUT2D eigenvalue weighted by atomic mass is 10.00. The van der Waals surface area contributed by atoms with Crippen LogP contribution in [0.1, 0.15) is 39.9 Å². The monoisotopic (exact) mass is 261 g/mol. The minimum atomic E-state index is -0.162. The van der Waals surface area contributed by atoms with Gasteiger partial charge in [-0.3, -0.25) is 0 Å². The maximum Gasteiger partial charge on any atom is 0.338 e. The van der Waals surface area contributed by atoms with Crippen molar-refractivity contribution in [2.75, 3.05) is 20.1 Å². The fourth-order valence-electron chi connectivity index (χ4n) is 2.82. The van der Waals surface area contributed by atoms with Crippen LogP contribution in [0.25, 0.3) is 0 Å². The molecule has 0 saturated carbocycles. The highest BCUT2D eigenvalue weighted by molar-refractivity contribution is 5.92. The summed E-state index contributed by atoms with van der Waals surface area (Å²) < 4.78 is 5.66. The molecule has 1 aromatic rings. The number of likely N-dealkylation sites (tertiary alicyclic amines) is 1. The van der Waals surface area contributed by atoms with Crippen LogP contribution in [-0.2, 0) is 4.74 Å². The van der Waals surface area contributed by atoms with Gasteiger partial charge in [-0.15, -0.1) is 0 Å². The van der Waals surface area contributed by atoms with Gasteiger partial charge in [0.1, 0.15) is 6.10 Å². The molecule has 1 aliphatic rings. The van der Waals surface area contributed by atoms with Gasteiger partial charge in [0.15, 0.2) is 0 Å². The van der Waals surface area contributed by atoms with E-state index in [1.54, 1.807) is 0 Å². The first-order chi connectivity index (χ1) is 8.97. The zero-order valence-corrected chi connectivity index (χ0v) is 12.3. The Balaban J connectivity index is 2.08. The van der Waals surface area contributed by atoms with Gasteiger partial charge < -0.3 is 9.64 Å². The first-order valence-electron chi connectivity index (χ1n) is 6.94. The van der Waals surface area contributed by atoms with Crippen LogP contribution in [0.15, 0.2) is 12.1 Å². The van der Waals surface area contributed by atoms with Gasteiger partial charge >= 0.3 is 5.97 Å². The highest BCUT2D eigenvalue weighted by Crippen LogP contribution is 2.20. The van der Waals surface area contributed by atoms with Crippen molar-refractivity contribution in [1.82, 2.24) is 4.90 Å². The third kappa shape index (κ3) is 3.35. The van der Waals surface area contributed by atoms with Gasteiger partial charge in [0.2, 0.25) is 0 Å². The topological polar surface area (TPSA) is 29.5 Å². The van der Waals surface area contributed by atoms with E-state index in [1.165, 1.54) is 5.56 Å². The number of benzene rings is 1. The number of nitrogens with zero attached hydrogens (tertiary/aromatic N) is 1. The molecule has 0 N–H and O–H groups in total. The average Bonchev–Trinajstić information content (AvgIpc) is 2.30. The van der Waals surface area contributed by atoms with Crippen LogP contribution >= 0.6 is 0 Å². The number of hydrogen-bond acceptors (Lipinski definition) is 3. The van der Waals surface area contributed by atoms with E-state index in [4.69, 9.17) is 4.74 Å². The Labute approximate surface area is 115 Å². The van der Waals surface area contributed by atoms with Crippen molar-refractivity contribution >= 4 is 5.97 Å². The summed E-state index contributed by atoms with van der Waals surface area (Å²) in [4.78, 5) is 14.6. The molecule has 1 heterocycles. The lowest BCUT2D eigenvalue weighted by Crippen LogP contribution is -2.35. The summed E-state index contributed by atoms with van der Waals surface area (Å²) >= 11 is 0. The van der Waals surface area contributed by atoms with Crippen LogP contribution in [-0.4, -0.2) is 37.1 Å². The maximum atomic E-state index is 12.3. The second kappa shape index (κ2) is 5.74. The molecule has 0 unspecified atom stereocenters. The highest BCUT2D eigenvalue weighted by Gasteiger charge is 2.22. The number of aryl methyl sites for hydroxylation is 3. The summed E-state index contributed by atoms with van der Waals surface area (Å²) in [6, 6.07) is 4.08. The van der Waals surface area contributed by atoms with Gasteiger partial charge in [0.05, 0.1) is 5.56 Å². The van der Waals surface area contributed by atoms with Gasteiger partial charge in [-0.1, -0.05) is 17.7 Å². The Morgan fingerprint density at radius 3 is 2.21 bits per heavy atom. The van der Waals surface area contributed by atoms with E-state index < -0.39 is 0 Å². The van der Waals surface area contributed by atoms with E-state index >= 15 is 0 Å². The quantitative estimate of drug-likeness (QED) is 0.767. The average molecular weight is 261 g/mol. The van der Waals surface area contributed by atoms with Gasteiger partial charge in [0, 0.05) is 13.1 Å². The van der Waals surface area contributed by atoms with Crippen molar-refractivity contribution in [2.45, 2.75) is 39.7 Å². The zero-order chi connectivity index (χ0) is 14.0. The Morgan fingerprint density at radius 1 is 1.16 bits per heavy atom. The molecular weight excluding hydrogens is 238 g/mol. The fourth-order valence-corrected chi connectivity index (χ4v) is 2.82. The van der Waals surface area contributed by atoms with Gasteiger partial charge in [-0.2, -0.15) is 0 Å². The zero-order valence-electron chi connectivity index (χ0n) is 12.3. The minimum absolute atomic E-state index is 0.0730. The Bertz CT molecular complexity index is 451. The number of esters is 1. The largest absolute Gasteiger partial charge is 0.459 e. The van der Waals surface area contributed by atoms with Crippen molar-refractivity contribution in [3.8, 4) is 0 Å². The summed E-state index contributed by atoms with van der Waals surface area (Å²) in [5, 5.41) is 0. The van der Waals surface area contributed by atoms with Crippen LogP contribution in [0, 0.1) is 20.8 Å². The number of carbonyl (C=O) groups is 1. The summed E-state index contributed by atoms with van der Waals surface area (Å²) in [5.74, 6) is -0.162. The molecule has 0 aromatic heterocycles. The number of piperidine rings is 1. The van der Waals surface area contributed by atoms with E-state index in [0.29, 0.717) is 0 Å². The summed E-state index contributed by atoms with van der Waals surface area (Å²) in [6.07, 6.45) is 1.95. The van der Waals surface area contributed by atoms with Crippen LogP contribution < -0.4 is 0 Å². The molecule has 1 aliphatic heterocycles. The number of hydrogen-bond donors (Lipinski definition) is 0. The van der Waals surface area contributed by atoms with E-state index in [1.807, 2.05) is 32.9 Å². The summed E-state index contributed by atoms with van der Waals surface area (Å²) in [5.41, 5.74) is 3.95. The Kier molecular flexibility index (Phi) is 4.25. The standard InChI is InChI=1S/C16H23NO2/c1-11-9-12(2)15(13(3)10-11)16(18)19-14-5-7-17(4)8-6-14/h9-10,14H,5-8H2,1-4H3. The molecule has 3 nitrogen and oxygen atoms in total. The second-order valence-corrected chi connectivity index (χ2v) is 5.68. The van der Waals surface area contributed by atoms with E-state index in [9.17, 15) is 4.79 Å². The third-order valence-corrected chi connectivity index (χ3v) is 3.82. The molecule has 0 bridgehead atoms. The molecule has 0 aliphatic carbocycles. The molecular formula is C16H23NO2. The van der Waals surface area contributed by atoms with E-state index in [2.05, 4.69) is 11.9 Å². The Morgan fingerprint density at radius 2 is 1.68 bits per heavy atom. The molecule has 1 fully saturated rings. The molecule has 0 spiro atoms. The second-order valence-electron chi connectivity index (χ2n) is 5.68. The maximum absolute atomic E-state index is 12.3. The molecule has 1 saturated heterocycles. The number of carbonyl (C=O) groups excluding carboxylic acids is 1. The number of ether oxygens (including phenoxy) is 1. The fraction of sp³-hybridized carbons (Fsp3) is 0.562. The van der Waals surface area contributed by atoms with Crippen LogP contribution in [0.2, 0.25) is 0 Å². The molecule has 0 amide bonds. The van der Waals surface area contributed by atoms with E-state index in [-0.39, 0.29) is 12.1 Å².